The zero-order chi connectivity index (χ0) is 11.7. The topological polar surface area (TPSA) is 12.0 Å². The van der Waals surface area contributed by atoms with Gasteiger partial charge in [-0.1, -0.05) is 24.6 Å². The van der Waals surface area contributed by atoms with Crippen LogP contribution in [0.3, 0.4) is 0 Å². The molecule has 1 N–H and O–H groups in total. The van der Waals surface area contributed by atoms with Crippen LogP contribution in [0.15, 0.2) is 24.3 Å². The van der Waals surface area contributed by atoms with Gasteiger partial charge < -0.3 is 5.32 Å². The SMILES string of the molecule is Fc1ccccc1C(CNC1CC1)C1CCC1. The Labute approximate surface area is 102 Å². The molecular formula is C15H20FN. The van der Waals surface area contributed by atoms with Gasteiger partial charge in [0.25, 0.3) is 0 Å². The second-order valence-electron chi connectivity index (χ2n) is 5.50. The first-order valence-corrected chi connectivity index (χ1v) is 6.82. The van der Waals surface area contributed by atoms with E-state index in [4.69, 9.17) is 0 Å². The highest BCUT2D eigenvalue weighted by molar-refractivity contribution is 5.23. The molecule has 0 radical (unpaired) electrons. The van der Waals surface area contributed by atoms with Crippen LogP contribution in [0.5, 0.6) is 0 Å². The lowest BCUT2D eigenvalue weighted by Gasteiger charge is -2.34. The van der Waals surface area contributed by atoms with Crippen molar-refractivity contribution in [2.45, 2.75) is 44.1 Å². The van der Waals surface area contributed by atoms with E-state index in [1.54, 1.807) is 12.1 Å². The summed E-state index contributed by atoms with van der Waals surface area (Å²) in [6, 6.07) is 8.02. The van der Waals surface area contributed by atoms with Gasteiger partial charge in [-0.05, 0) is 43.2 Å². The van der Waals surface area contributed by atoms with Gasteiger partial charge in [-0.15, -0.1) is 0 Å². The zero-order valence-electron chi connectivity index (χ0n) is 10.2. The van der Waals surface area contributed by atoms with Crippen molar-refractivity contribution in [1.82, 2.24) is 5.32 Å². The maximum atomic E-state index is 13.9. The van der Waals surface area contributed by atoms with Gasteiger partial charge in [0.2, 0.25) is 0 Å². The normalized spacial score (nSPS) is 22.2. The first-order valence-electron chi connectivity index (χ1n) is 6.82. The Morgan fingerprint density at radius 3 is 2.53 bits per heavy atom. The van der Waals surface area contributed by atoms with Crippen LogP contribution in [-0.2, 0) is 0 Å². The second kappa shape index (κ2) is 4.77. The van der Waals surface area contributed by atoms with Crippen LogP contribution in [0.4, 0.5) is 4.39 Å². The number of hydrogen-bond acceptors (Lipinski definition) is 1. The summed E-state index contributed by atoms with van der Waals surface area (Å²) < 4.78 is 13.9. The minimum Gasteiger partial charge on any atom is -0.313 e. The fraction of sp³-hybridized carbons (Fsp3) is 0.600. The molecule has 2 aliphatic carbocycles. The average molecular weight is 233 g/mol. The van der Waals surface area contributed by atoms with E-state index >= 15 is 0 Å². The number of halogens is 1. The fourth-order valence-corrected chi connectivity index (χ4v) is 2.73. The van der Waals surface area contributed by atoms with Crippen molar-refractivity contribution in [3.8, 4) is 0 Å². The minimum atomic E-state index is -0.0259. The molecule has 3 rings (SSSR count). The third kappa shape index (κ3) is 2.52. The maximum absolute atomic E-state index is 13.9. The predicted molar refractivity (Wildman–Crippen MR) is 67.5 cm³/mol. The Balaban J connectivity index is 1.74. The highest BCUT2D eigenvalue weighted by Gasteiger charge is 2.31. The van der Waals surface area contributed by atoms with E-state index in [1.165, 1.54) is 32.1 Å². The van der Waals surface area contributed by atoms with Crippen LogP contribution < -0.4 is 5.32 Å². The lowest BCUT2D eigenvalue weighted by atomic mass is 9.73. The molecule has 2 heteroatoms. The first kappa shape index (κ1) is 11.2. The van der Waals surface area contributed by atoms with Gasteiger partial charge in [-0.2, -0.15) is 0 Å². The summed E-state index contributed by atoms with van der Waals surface area (Å²) in [4.78, 5) is 0. The molecule has 92 valence electrons. The third-order valence-corrected chi connectivity index (χ3v) is 4.23. The van der Waals surface area contributed by atoms with Gasteiger partial charge in [0.05, 0.1) is 0 Å². The monoisotopic (exact) mass is 233 g/mol. The van der Waals surface area contributed by atoms with E-state index < -0.39 is 0 Å². The van der Waals surface area contributed by atoms with Crippen molar-refractivity contribution >= 4 is 0 Å². The third-order valence-electron chi connectivity index (χ3n) is 4.23. The van der Waals surface area contributed by atoms with Crippen LogP contribution >= 0.6 is 0 Å². The number of hydrogen-bond donors (Lipinski definition) is 1. The molecule has 0 saturated heterocycles. The molecule has 2 aliphatic rings. The van der Waals surface area contributed by atoms with Crippen molar-refractivity contribution in [2.75, 3.05) is 6.54 Å². The Morgan fingerprint density at radius 1 is 1.18 bits per heavy atom. The van der Waals surface area contributed by atoms with Crippen LogP contribution in [0.2, 0.25) is 0 Å². The van der Waals surface area contributed by atoms with Crippen molar-refractivity contribution in [1.29, 1.82) is 0 Å². The van der Waals surface area contributed by atoms with Crippen molar-refractivity contribution in [3.63, 3.8) is 0 Å². The zero-order valence-corrected chi connectivity index (χ0v) is 10.2. The smallest absolute Gasteiger partial charge is 0.126 e. The van der Waals surface area contributed by atoms with E-state index in [-0.39, 0.29) is 5.82 Å². The Bertz CT molecular complexity index is 382. The minimum absolute atomic E-state index is 0.0259. The van der Waals surface area contributed by atoms with Crippen LogP contribution in [0.1, 0.15) is 43.6 Å². The lowest BCUT2D eigenvalue weighted by Crippen LogP contribution is -2.31. The predicted octanol–water partition coefficient (Wildman–Crippen LogP) is 3.46. The lowest BCUT2D eigenvalue weighted by molar-refractivity contribution is 0.250. The number of rotatable bonds is 5. The van der Waals surface area contributed by atoms with E-state index in [0.717, 1.165) is 12.1 Å². The van der Waals surface area contributed by atoms with Gasteiger partial charge in [0, 0.05) is 18.5 Å². The molecule has 0 amide bonds. The quantitative estimate of drug-likeness (QED) is 0.821. The molecular weight excluding hydrogens is 213 g/mol. The van der Waals surface area contributed by atoms with Crippen molar-refractivity contribution in [2.24, 2.45) is 5.92 Å². The van der Waals surface area contributed by atoms with Crippen LogP contribution in [0, 0.1) is 11.7 Å². The van der Waals surface area contributed by atoms with Crippen molar-refractivity contribution < 1.29 is 4.39 Å². The standard InChI is InChI=1S/C15H20FN/c16-15-7-2-1-6-13(15)14(11-4-3-5-11)10-17-12-8-9-12/h1-2,6-7,11-12,14,17H,3-5,8-10H2. The summed E-state index contributed by atoms with van der Waals surface area (Å²) in [5.74, 6) is 1.05. The Morgan fingerprint density at radius 2 is 1.94 bits per heavy atom. The summed E-state index contributed by atoms with van der Waals surface area (Å²) in [5, 5.41) is 3.56. The van der Waals surface area contributed by atoms with E-state index in [2.05, 4.69) is 5.32 Å². The molecule has 2 fully saturated rings. The summed E-state index contributed by atoms with van der Waals surface area (Å²) in [6.07, 6.45) is 6.46. The second-order valence-corrected chi connectivity index (χ2v) is 5.50. The van der Waals surface area contributed by atoms with E-state index in [0.29, 0.717) is 17.9 Å². The molecule has 0 spiro atoms. The number of nitrogens with one attached hydrogen (secondary N) is 1. The Kier molecular flexibility index (Phi) is 3.15. The summed E-state index contributed by atoms with van der Waals surface area (Å²) in [7, 11) is 0. The highest BCUT2D eigenvalue weighted by Crippen LogP contribution is 2.40. The summed E-state index contributed by atoms with van der Waals surface area (Å²) in [5.41, 5.74) is 0.922. The molecule has 1 aromatic carbocycles. The highest BCUT2D eigenvalue weighted by atomic mass is 19.1. The molecule has 1 aromatic rings. The van der Waals surface area contributed by atoms with Gasteiger partial charge in [0.1, 0.15) is 5.82 Å². The van der Waals surface area contributed by atoms with Crippen LogP contribution in [-0.4, -0.2) is 12.6 Å². The van der Waals surface area contributed by atoms with Gasteiger partial charge in [0.15, 0.2) is 0 Å². The van der Waals surface area contributed by atoms with Crippen molar-refractivity contribution in [3.05, 3.63) is 35.6 Å². The number of benzene rings is 1. The average Bonchev–Trinajstić information content (AvgIpc) is 3.06. The van der Waals surface area contributed by atoms with Gasteiger partial charge >= 0.3 is 0 Å². The summed E-state index contributed by atoms with van der Waals surface area (Å²) >= 11 is 0. The molecule has 0 aromatic heterocycles. The molecule has 1 nitrogen and oxygen atoms in total. The molecule has 0 heterocycles. The van der Waals surface area contributed by atoms with Gasteiger partial charge in [-0.25, -0.2) is 4.39 Å². The fourth-order valence-electron chi connectivity index (χ4n) is 2.73. The van der Waals surface area contributed by atoms with E-state index in [1.807, 2.05) is 12.1 Å². The molecule has 0 aliphatic heterocycles. The molecule has 1 unspecified atom stereocenters. The van der Waals surface area contributed by atoms with Crippen LogP contribution in [0.25, 0.3) is 0 Å². The molecule has 2 saturated carbocycles. The molecule has 1 atom stereocenters. The Hall–Kier alpha value is -0.890. The largest absolute Gasteiger partial charge is 0.313 e. The first-order chi connectivity index (χ1) is 8.34. The van der Waals surface area contributed by atoms with E-state index in [9.17, 15) is 4.39 Å². The molecule has 17 heavy (non-hydrogen) atoms. The summed E-state index contributed by atoms with van der Waals surface area (Å²) in [6.45, 7) is 0.955. The maximum Gasteiger partial charge on any atom is 0.126 e. The van der Waals surface area contributed by atoms with Gasteiger partial charge in [-0.3, -0.25) is 0 Å². The molecule has 0 bridgehead atoms.